The largest absolute Gasteiger partial charge is 0.393 e. The highest BCUT2D eigenvalue weighted by atomic mass is 16.3. The standard InChI is InChI=1S/C27H41NO2/c1-16-13-24(28-15-16)25(30)17(2)21-7-8-22-20-6-5-18-14-19(29)9-11-26(18,3)23(20)10-12-27(21,22)4/h5,16-17,19-23,29H,6-15H2,1-4H3/t16-,17?,19+,20?,21-,22?,23?,26+,27-/m1/s1. The number of carbonyl (C=O) groups is 1. The molecule has 1 heterocycles. The van der Waals surface area contributed by atoms with E-state index in [9.17, 15) is 9.90 Å². The lowest BCUT2D eigenvalue weighted by Crippen LogP contribution is -2.51. The van der Waals surface area contributed by atoms with Crippen molar-refractivity contribution >= 4 is 11.5 Å². The zero-order valence-corrected chi connectivity index (χ0v) is 19.5. The van der Waals surface area contributed by atoms with Crippen molar-refractivity contribution in [2.45, 2.75) is 91.6 Å². The Hall–Kier alpha value is -0.960. The Balaban J connectivity index is 1.37. The Kier molecular flexibility index (Phi) is 5.08. The van der Waals surface area contributed by atoms with Gasteiger partial charge < -0.3 is 5.11 Å². The van der Waals surface area contributed by atoms with E-state index in [0.29, 0.717) is 28.4 Å². The van der Waals surface area contributed by atoms with Crippen molar-refractivity contribution in [1.29, 1.82) is 0 Å². The first-order chi connectivity index (χ1) is 14.2. The Morgan fingerprint density at radius 1 is 1.13 bits per heavy atom. The summed E-state index contributed by atoms with van der Waals surface area (Å²) in [5.74, 6) is 3.82. The minimum Gasteiger partial charge on any atom is -0.393 e. The van der Waals surface area contributed by atoms with Crippen LogP contribution >= 0.6 is 0 Å². The van der Waals surface area contributed by atoms with Crippen LogP contribution < -0.4 is 0 Å². The predicted octanol–water partition coefficient (Wildman–Crippen LogP) is 5.61. The molecule has 0 amide bonds. The van der Waals surface area contributed by atoms with Crippen LogP contribution in [0.2, 0.25) is 0 Å². The first-order valence-corrected chi connectivity index (χ1v) is 12.7. The third kappa shape index (κ3) is 3.01. The fraction of sp³-hybridized carbons (Fsp3) is 0.852. The van der Waals surface area contributed by atoms with Crippen LogP contribution in [0.5, 0.6) is 0 Å². The molecule has 166 valence electrons. The molecule has 9 atom stereocenters. The van der Waals surface area contributed by atoms with E-state index in [1.165, 1.54) is 32.1 Å². The molecule has 0 radical (unpaired) electrons. The van der Waals surface area contributed by atoms with Crippen molar-refractivity contribution < 1.29 is 9.90 Å². The normalized spacial score (nSPS) is 48.8. The fourth-order valence-corrected chi connectivity index (χ4v) is 8.85. The highest BCUT2D eigenvalue weighted by Gasteiger charge is 2.59. The Morgan fingerprint density at radius 3 is 2.67 bits per heavy atom. The molecule has 4 unspecified atom stereocenters. The van der Waals surface area contributed by atoms with Gasteiger partial charge in [0.1, 0.15) is 0 Å². The van der Waals surface area contributed by atoms with Crippen LogP contribution in [0.1, 0.15) is 85.5 Å². The van der Waals surface area contributed by atoms with Gasteiger partial charge in [0.2, 0.25) is 0 Å². The molecule has 0 spiro atoms. The molecule has 1 aliphatic heterocycles. The summed E-state index contributed by atoms with van der Waals surface area (Å²) in [6.45, 7) is 10.3. The lowest BCUT2D eigenvalue weighted by molar-refractivity contribution is -0.120. The SMILES string of the molecule is CC(C(=O)C1=NC[C@H](C)C1)[C@H]1CCC2C3CC=C4C[C@@H](O)CC[C@]4(C)C3CC[C@@]21C. The summed E-state index contributed by atoms with van der Waals surface area (Å²) in [7, 11) is 0. The molecule has 30 heavy (non-hydrogen) atoms. The number of aliphatic hydroxyl groups is 1. The topological polar surface area (TPSA) is 49.7 Å². The van der Waals surface area contributed by atoms with Gasteiger partial charge in [-0.15, -0.1) is 0 Å². The summed E-state index contributed by atoms with van der Waals surface area (Å²) in [6.07, 6.45) is 12.6. The van der Waals surface area contributed by atoms with Gasteiger partial charge >= 0.3 is 0 Å². The number of nitrogens with zero attached hydrogens (tertiary/aromatic N) is 1. The minimum atomic E-state index is -0.126. The molecule has 0 aromatic heterocycles. The van der Waals surface area contributed by atoms with E-state index in [1.807, 2.05) is 0 Å². The molecule has 5 rings (SSSR count). The Morgan fingerprint density at radius 2 is 1.93 bits per heavy atom. The van der Waals surface area contributed by atoms with Crippen LogP contribution in [0.15, 0.2) is 16.6 Å². The maximum Gasteiger partial charge on any atom is 0.179 e. The maximum absolute atomic E-state index is 13.3. The molecule has 0 aromatic rings. The Bertz CT molecular complexity index is 784. The fourth-order valence-electron chi connectivity index (χ4n) is 8.85. The van der Waals surface area contributed by atoms with E-state index in [0.717, 1.165) is 55.7 Å². The van der Waals surface area contributed by atoms with Gasteiger partial charge in [0.05, 0.1) is 11.8 Å². The predicted molar refractivity (Wildman–Crippen MR) is 121 cm³/mol. The summed E-state index contributed by atoms with van der Waals surface area (Å²) in [4.78, 5) is 17.9. The molecule has 3 saturated carbocycles. The molecule has 4 aliphatic carbocycles. The van der Waals surface area contributed by atoms with Gasteiger partial charge in [0, 0.05) is 12.5 Å². The number of aliphatic imine (C=N–C) groups is 1. The summed E-state index contributed by atoms with van der Waals surface area (Å²) in [5, 5.41) is 10.2. The highest BCUT2D eigenvalue weighted by molar-refractivity contribution is 6.41. The number of rotatable bonds is 3. The monoisotopic (exact) mass is 411 g/mol. The minimum absolute atomic E-state index is 0.121. The number of hydrogen-bond acceptors (Lipinski definition) is 3. The van der Waals surface area contributed by atoms with Crippen LogP contribution in [-0.4, -0.2) is 29.3 Å². The number of hydrogen-bond donors (Lipinski definition) is 1. The van der Waals surface area contributed by atoms with Gasteiger partial charge in [-0.05, 0) is 98.2 Å². The van der Waals surface area contributed by atoms with Crippen LogP contribution in [0.25, 0.3) is 0 Å². The molecule has 0 bridgehead atoms. The number of allylic oxidation sites excluding steroid dienone is 1. The van der Waals surface area contributed by atoms with Gasteiger partial charge in [0.25, 0.3) is 0 Å². The van der Waals surface area contributed by atoms with Gasteiger partial charge in [-0.1, -0.05) is 39.3 Å². The molecular formula is C27H41NO2. The van der Waals surface area contributed by atoms with Crippen LogP contribution in [0.4, 0.5) is 0 Å². The molecule has 0 saturated heterocycles. The number of Topliss-reactive ketones (excluding diaryl/α,β-unsaturated/α-hetero) is 1. The summed E-state index contributed by atoms with van der Waals surface area (Å²) >= 11 is 0. The smallest absolute Gasteiger partial charge is 0.179 e. The number of fused-ring (bicyclic) bond motifs is 5. The van der Waals surface area contributed by atoms with E-state index in [1.54, 1.807) is 5.57 Å². The Labute approximate surface area is 182 Å². The van der Waals surface area contributed by atoms with Crippen molar-refractivity contribution in [3.63, 3.8) is 0 Å². The zero-order chi connectivity index (χ0) is 21.3. The first kappa shape index (κ1) is 20.9. The maximum atomic E-state index is 13.3. The average molecular weight is 412 g/mol. The highest BCUT2D eigenvalue weighted by Crippen LogP contribution is 2.67. The molecule has 3 nitrogen and oxygen atoms in total. The summed E-state index contributed by atoms with van der Waals surface area (Å²) in [5.41, 5.74) is 3.04. The quantitative estimate of drug-likeness (QED) is 0.613. The first-order valence-electron chi connectivity index (χ1n) is 12.7. The van der Waals surface area contributed by atoms with Gasteiger partial charge in [-0.2, -0.15) is 0 Å². The molecule has 0 aromatic carbocycles. The summed E-state index contributed by atoms with van der Waals surface area (Å²) < 4.78 is 0. The lowest BCUT2D eigenvalue weighted by atomic mass is 9.47. The zero-order valence-electron chi connectivity index (χ0n) is 19.5. The van der Waals surface area contributed by atoms with Gasteiger partial charge in [0.15, 0.2) is 5.78 Å². The van der Waals surface area contributed by atoms with E-state index in [-0.39, 0.29) is 12.0 Å². The second-order valence-corrected chi connectivity index (χ2v) is 12.1. The van der Waals surface area contributed by atoms with Crippen molar-refractivity contribution in [2.75, 3.05) is 6.54 Å². The average Bonchev–Trinajstić information content (AvgIpc) is 3.30. The van der Waals surface area contributed by atoms with Crippen LogP contribution in [-0.2, 0) is 4.79 Å². The second kappa shape index (κ2) is 7.29. The number of carbonyl (C=O) groups excluding carboxylic acids is 1. The number of ketones is 1. The van der Waals surface area contributed by atoms with Crippen molar-refractivity contribution in [3.8, 4) is 0 Å². The molecule has 1 N–H and O–H groups in total. The van der Waals surface area contributed by atoms with Crippen LogP contribution in [0, 0.1) is 46.3 Å². The van der Waals surface area contributed by atoms with Crippen LogP contribution in [0.3, 0.4) is 0 Å². The number of aliphatic hydroxyl groups excluding tert-OH is 1. The van der Waals surface area contributed by atoms with Crippen molar-refractivity contribution in [1.82, 2.24) is 0 Å². The van der Waals surface area contributed by atoms with Crippen molar-refractivity contribution in [3.05, 3.63) is 11.6 Å². The molecule has 3 heteroatoms. The van der Waals surface area contributed by atoms with E-state index in [2.05, 4.69) is 38.8 Å². The van der Waals surface area contributed by atoms with Gasteiger partial charge in [-0.25, -0.2) is 0 Å². The van der Waals surface area contributed by atoms with Crippen molar-refractivity contribution in [2.24, 2.45) is 51.3 Å². The summed E-state index contributed by atoms with van der Waals surface area (Å²) in [6, 6.07) is 0. The van der Waals surface area contributed by atoms with E-state index >= 15 is 0 Å². The molecule has 5 aliphatic rings. The molecule has 3 fully saturated rings. The molecular weight excluding hydrogens is 370 g/mol. The lowest BCUT2D eigenvalue weighted by Gasteiger charge is -2.58. The third-order valence-electron chi connectivity index (χ3n) is 10.6. The van der Waals surface area contributed by atoms with E-state index < -0.39 is 0 Å². The van der Waals surface area contributed by atoms with Gasteiger partial charge in [-0.3, -0.25) is 9.79 Å². The van der Waals surface area contributed by atoms with E-state index in [4.69, 9.17) is 0 Å². The second-order valence-electron chi connectivity index (χ2n) is 12.1. The third-order valence-corrected chi connectivity index (χ3v) is 10.6.